The summed E-state index contributed by atoms with van der Waals surface area (Å²) in [5, 5.41) is 6.92. The summed E-state index contributed by atoms with van der Waals surface area (Å²) in [4.78, 5) is 20.2. The quantitative estimate of drug-likeness (QED) is 0.704. The lowest BCUT2D eigenvalue weighted by molar-refractivity contribution is 0.102. The van der Waals surface area contributed by atoms with Crippen molar-refractivity contribution in [2.24, 2.45) is 0 Å². The first-order valence-electron chi connectivity index (χ1n) is 7.01. The first-order chi connectivity index (χ1) is 11.6. The molecule has 7 heteroatoms. The van der Waals surface area contributed by atoms with E-state index >= 15 is 0 Å². The van der Waals surface area contributed by atoms with Gasteiger partial charge < -0.3 is 10.6 Å². The van der Waals surface area contributed by atoms with Gasteiger partial charge in [0.15, 0.2) is 0 Å². The molecule has 2 N–H and O–H groups in total. The number of pyridine rings is 2. The monoisotopic (exact) mass is 358 g/mol. The number of benzene rings is 1. The van der Waals surface area contributed by atoms with E-state index < -0.39 is 0 Å². The third-order valence-corrected chi connectivity index (χ3v) is 3.52. The number of carbonyl (C=O) groups excluding carboxylic acids is 1. The molecular weight excluding hydrogens is 347 g/mol. The maximum atomic E-state index is 12.0. The second kappa shape index (κ2) is 7.29. The molecule has 0 aliphatic heterocycles. The lowest BCUT2D eigenvalue weighted by Gasteiger charge is -2.08. The molecule has 0 aliphatic rings. The van der Waals surface area contributed by atoms with Crippen molar-refractivity contribution in [1.29, 1.82) is 0 Å². The molecule has 0 bridgehead atoms. The molecule has 3 aromatic rings. The molecule has 0 saturated heterocycles. The van der Waals surface area contributed by atoms with E-state index in [1.165, 1.54) is 6.20 Å². The predicted octanol–water partition coefficient (Wildman–Crippen LogP) is 4.78. The van der Waals surface area contributed by atoms with E-state index in [9.17, 15) is 4.79 Å². The highest BCUT2D eigenvalue weighted by Gasteiger charge is 2.06. The Labute approximate surface area is 148 Å². The second-order valence-electron chi connectivity index (χ2n) is 4.91. The Kier molecular flexibility index (Phi) is 4.93. The van der Waals surface area contributed by atoms with Gasteiger partial charge in [0.1, 0.15) is 5.82 Å². The highest BCUT2D eigenvalue weighted by molar-refractivity contribution is 6.35. The van der Waals surface area contributed by atoms with Crippen molar-refractivity contribution >= 4 is 46.3 Å². The fourth-order valence-corrected chi connectivity index (χ4v) is 2.54. The minimum Gasteiger partial charge on any atom is -0.340 e. The molecule has 24 heavy (non-hydrogen) atoms. The SMILES string of the molecule is O=C(Nc1ccc(Nc2cc(Cl)cc(Cl)c2)nc1)c1cccnc1. The first-order valence-corrected chi connectivity index (χ1v) is 7.76. The Bertz CT molecular complexity index is 834. The topological polar surface area (TPSA) is 66.9 Å². The van der Waals surface area contributed by atoms with Gasteiger partial charge in [-0.05, 0) is 42.5 Å². The lowest BCUT2D eigenvalue weighted by Crippen LogP contribution is -2.12. The van der Waals surface area contributed by atoms with Crippen LogP contribution in [0.2, 0.25) is 10.0 Å². The lowest BCUT2D eigenvalue weighted by atomic mass is 10.2. The van der Waals surface area contributed by atoms with Gasteiger partial charge in [0.2, 0.25) is 0 Å². The van der Waals surface area contributed by atoms with Crippen LogP contribution < -0.4 is 10.6 Å². The average Bonchev–Trinajstić information content (AvgIpc) is 2.56. The number of hydrogen-bond donors (Lipinski definition) is 2. The van der Waals surface area contributed by atoms with Gasteiger partial charge in [0.05, 0.1) is 17.4 Å². The molecule has 0 spiro atoms. The molecule has 1 aromatic carbocycles. The molecule has 3 rings (SSSR count). The van der Waals surface area contributed by atoms with Crippen LogP contribution in [0.25, 0.3) is 0 Å². The van der Waals surface area contributed by atoms with Crippen molar-refractivity contribution in [2.45, 2.75) is 0 Å². The second-order valence-corrected chi connectivity index (χ2v) is 5.78. The molecule has 0 unspecified atom stereocenters. The number of nitrogens with zero attached hydrogens (tertiary/aromatic N) is 2. The summed E-state index contributed by atoms with van der Waals surface area (Å²) in [6.45, 7) is 0. The molecule has 1 amide bonds. The summed E-state index contributed by atoms with van der Waals surface area (Å²) in [5.74, 6) is 0.361. The van der Waals surface area contributed by atoms with Gasteiger partial charge in [-0.25, -0.2) is 4.98 Å². The summed E-state index contributed by atoms with van der Waals surface area (Å²) >= 11 is 11.9. The number of nitrogens with one attached hydrogen (secondary N) is 2. The molecule has 0 atom stereocenters. The molecule has 120 valence electrons. The molecule has 0 aliphatic carbocycles. The number of anilines is 3. The average molecular weight is 359 g/mol. The molecule has 0 radical (unpaired) electrons. The van der Waals surface area contributed by atoms with Crippen LogP contribution in [0.4, 0.5) is 17.2 Å². The molecule has 0 fully saturated rings. The maximum Gasteiger partial charge on any atom is 0.257 e. The molecule has 0 saturated carbocycles. The number of halogens is 2. The number of amides is 1. The van der Waals surface area contributed by atoms with Crippen LogP contribution in [0.15, 0.2) is 61.1 Å². The standard InChI is InChI=1S/C17H12Cl2N4O/c18-12-6-13(19)8-15(7-12)22-16-4-3-14(10-21-16)23-17(24)11-2-1-5-20-9-11/h1-10H,(H,21,22)(H,23,24). The summed E-state index contributed by atoms with van der Waals surface area (Å²) in [7, 11) is 0. The van der Waals surface area contributed by atoms with Crippen LogP contribution in [0.3, 0.4) is 0 Å². The van der Waals surface area contributed by atoms with Gasteiger partial charge in [-0.2, -0.15) is 0 Å². The van der Waals surface area contributed by atoms with Crippen LogP contribution >= 0.6 is 23.2 Å². The molecule has 2 heterocycles. The van der Waals surface area contributed by atoms with E-state index in [0.29, 0.717) is 27.1 Å². The summed E-state index contributed by atoms with van der Waals surface area (Å²) < 4.78 is 0. The van der Waals surface area contributed by atoms with Gasteiger partial charge in [-0.1, -0.05) is 23.2 Å². The van der Waals surface area contributed by atoms with Crippen molar-refractivity contribution in [3.63, 3.8) is 0 Å². The Balaban J connectivity index is 1.68. The number of aromatic nitrogens is 2. The largest absolute Gasteiger partial charge is 0.340 e. The van der Waals surface area contributed by atoms with Gasteiger partial charge in [-0.3, -0.25) is 9.78 Å². The summed E-state index contributed by atoms with van der Waals surface area (Å²) in [5.41, 5.74) is 1.79. The number of carbonyl (C=O) groups is 1. The minimum atomic E-state index is -0.243. The summed E-state index contributed by atoms with van der Waals surface area (Å²) in [6, 6.07) is 12.0. The Morgan fingerprint density at radius 2 is 1.75 bits per heavy atom. The van der Waals surface area contributed by atoms with Crippen molar-refractivity contribution in [3.8, 4) is 0 Å². The van der Waals surface area contributed by atoms with Crippen LogP contribution in [-0.2, 0) is 0 Å². The van der Waals surface area contributed by atoms with Crippen molar-refractivity contribution in [3.05, 3.63) is 76.7 Å². The zero-order valence-corrected chi connectivity index (χ0v) is 13.8. The van der Waals surface area contributed by atoms with E-state index in [2.05, 4.69) is 20.6 Å². The predicted molar refractivity (Wildman–Crippen MR) is 96.2 cm³/mol. The Morgan fingerprint density at radius 1 is 0.958 bits per heavy atom. The van der Waals surface area contributed by atoms with Crippen LogP contribution in [0.1, 0.15) is 10.4 Å². The van der Waals surface area contributed by atoms with E-state index in [4.69, 9.17) is 23.2 Å². The van der Waals surface area contributed by atoms with Crippen LogP contribution in [0.5, 0.6) is 0 Å². The summed E-state index contributed by atoms with van der Waals surface area (Å²) in [6.07, 6.45) is 4.67. The zero-order valence-electron chi connectivity index (χ0n) is 12.3. The highest BCUT2D eigenvalue weighted by Crippen LogP contribution is 2.25. The van der Waals surface area contributed by atoms with Gasteiger partial charge in [0.25, 0.3) is 5.91 Å². The van der Waals surface area contributed by atoms with Gasteiger partial charge in [-0.15, -0.1) is 0 Å². The fraction of sp³-hybridized carbons (Fsp3) is 0. The fourth-order valence-electron chi connectivity index (χ4n) is 2.02. The van der Waals surface area contributed by atoms with E-state index in [1.807, 2.05) is 0 Å². The number of hydrogen-bond acceptors (Lipinski definition) is 4. The van der Waals surface area contributed by atoms with Gasteiger partial charge >= 0.3 is 0 Å². The van der Waals surface area contributed by atoms with E-state index in [1.54, 1.807) is 54.9 Å². The highest BCUT2D eigenvalue weighted by atomic mass is 35.5. The van der Waals surface area contributed by atoms with Crippen molar-refractivity contribution in [2.75, 3.05) is 10.6 Å². The minimum absolute atomic E-state index is 0.243. The van der Waals surface area contributed by atoms with E-state index in [0.717, 1.165) is 5.69 Å². The van der Waals surface area contributed by atoms with Crippen molar-refractivity contribution in [1.82, 2.24) is 9.97 Å². The zero-order chi connectivity index (χ0) is 16.9. The third-order valence-electron chi connectivity index (χ3n) is 3.08. The Morgan fingerprint density at radius 3 is 2.38 bits per heavy atom. The molecule has 2 aromatic heterocycles. The molecule has 5 nitrogen and oxygen atoms in total. The van der Waals surface area contributed by atoms with Gasteiger partial charge in [0, 0.05) is 28.1 Å². The smallest absolute Gasteiger partial charge is 0.257 e. The van der Waals surface area contributed by atoms with E-state index in [-0.39, 0.29) is 5.91 Å². The number of rotatable bonds is 4. The Hall–Kier alpha value is -2.63. The molecular formula is C17H12Cl2N4O. The maximum absolute atomic E-state index is 12.0. The first kappa shape index (κ1) is 16.2. The van der Waals surface area contributed by atoms with Crippen molar-refractivity contribution < 1.29 is 4.79 Å². The normalized spacial score (nSPS) is 10.2. The van der Waals surface area contributed by atoms with Crippen LogP contribution in [0, 0.1) is 0 Å². The third kappa shape index (κ3) is 4.22. The van der Waals surface area contributed by atoms with Crippen LogP contribution in [-0.4, -0.2) is 15.9 Å².